The van der Waals surface area contributed by atoms with Gasteiger partial charge in [-0.2, -0.15) is 0 Å². The highest BCUT2D eigenvalue weighted by molar-refractivity contribution is 5.78. The maximum absolute atomic E-state index is 11.6. The summed E-state index contributed by atoms with van der Waals surface area (Å²) in [5.74, 6) is -0.0495. The van der Waals surface area contributed by atoms with E-state index in [0.717, 1.165) is 11.1 Å². The number of nitrogens with two attached hydrogens (primary N) is 1. The van der Waals surface area contributed by atoms with Crippen molar-refractivity contribution < 1.29 is 9.53 Å². The van der Waals surface area contributed by atoms with Gasteiger partial charge in [0.05, 0.1) is 12.5 Å². The summed E-state index contributed by atoms with van der Waals surface area (Å²) in [6, 6.07) is 7.69. The first kappa shape index (κ1) is 13.7. The summed E-state index contributed by atoms with van der Waals surface area (Å²) >= 11 is 0. The van der Waals surface area contributed by atoms with Gasteiger partial charge in [-0.05, 0) is 25.0 Å². The zero-order valence-corrected chi connectivity index (χ0v) is 10.4. The zero-order chi connectivity index (χ0) is 12.7. The smallest absolute Gasteiger partial charge is 0.226 e. The van der Waals surface area contributed by atoms with E-state index in [1.165, 1.54) is 0 Å². The topological polar surface area (TPSA) is 64.3 Å². The average molecular weight is 236 g/mol. The molecule has 0 spiro atoms. The number of benzene rings is 1. The quantitative estimate of drug-likeness (QED) is 0.729. The van der Waals surface area contributed by atoms with E-state index < -0.39 is 0 Å². The van der Waals surface area contributed by atoms with Gasteiger partial charge < -0.3 is 15.8 Å². The van der Waals surface area contributed by atoms with Crippen LogP contribution in [0.15, 0.2) is 24.3 Å². The number of hydrogen-bond acceptors (Lipinski definition) is 3. The number of amides is 1. The molecule has 0 unspecified atom stereocenters. The summed E-state index contributed by atoms with van der Waals surface area (Å²) in [6.07, 6.45) is 0.459. The second-order valence-electron chi connectivity index (χ2n) is 4.11. The molecule has 1 amide bonds. The third kappa shape index (κ3) is 4.97. The first-order valence-corrected chi connectivity index (χ1v) is 5.78. The normalized spacial score (nSPS) is 10.6. The van der Waals surface area contributed by atoms with E-state index in [4.69, 9.17) is 10.5 Å². The molecule has 0 aliphatic carbocycles. The fraction of sp³-hybridized carbons (Fsp3) is 0.462. The van der Waals surface area contributed by atoms with Gasteiger partial charge in [-0.25, -0.2) is 0 Å². The SMILES string of the molecule is CC(C)OCNC(=O)Cc1ccccc1CN. The molecule has 0 radical (unpaired) electrons. The molecular weight excluding hydrogens is 216 g/mol. The standard InChI is InChI=1S/C13H20N2O2/c1-10(2)17-9-15-13(16)7-11-5-3-4-6-12(11)8-14/h3-6,10H,7-9,14H2,1-2H3,(H,15,16). The Balaban J connectivity index is 2.45. The molecule has 4 heteroatoms. The molecule has 4 nitrogen and oxygen atoms in total. The zero-order valence-electron chi connectivity index (χ0n) is 10.4. The summed E-state index contributed by atoms with van der Waals surface area (Å²) in [7, 11) is 0. The van der Waals surface area contributed by atoms with Gasteiger partial charge in [0.25, 0.3) is 0 Å². The van der Waals surface area contributed by atoms with Crippen molar-refractivity contribution in [3.8, 4) is 0 Å². The molecule has 1 aromatic carbocycles. The lowest BCUT2D eigenvalue weighted by atomic mass is 10.0. The van der Waals surface area contributed by atoms with Crippen LogP contribution < -0.4 is 11.1 Å². The van der Waals surface area contributed by atoms with Crippen LogP contribution in [0, 0.1) is 0 Å². The van der Waals surface area contributed by atoms with Gasteiger partial charge in [-0.15, -0.1) is 0 Å². The van der Waals surface area contributed by atoms with Crippen LogP contribution in [0.4, 0.5) is 0 Å². The third-order valence-electron chi connectivity index (χ3n) is 2.38. The molecule has 0 aliphatic rings. The molecule has 0 bridgehead atoms. The Kier molecular flexibility index (Phi) is 5.66. The van der Waals surface area contributed by atoms with Gasteiger partial charge in [-0.1, -0.05) is 24.3 Å². The molecule has 0 saturated heterocycles. The lowest BCUT2D eigenvalue weighted by Crippen LogP contribution is -2.29. The van der Waals surface area contributed by atoms with Crippen molar-refractivity contribution in [1.29, 1.82) is 0 Å². The van der Waals surface area contributed by atoms with Crippen molar-refractivity contribution in [3.05, 3.63) is 35.4 Å². The van der Waals surface area contributed by atoms with Crippen LogP contribution >= 0.6 is 0 Å². The molecule has 0 aliphatic heterocycles. The van der Waals surface area contributed by atoms with Gasteiger partial charge in [-0.3, -0.25) is 4.79 Å². The Morgan fingerprint density at radius 1 is 1.35 bits per heavy atom. The minimum atomic E-state index is -0.0495. The Morgan fingerprint density at radius 2 is 2.00 bits per heavy atom. The highest BCUT2D eigenvalue weighted by atomic mass is 16.5. The van der Waals surface area contributed by atoms with E-state index in [9.17, 15) is 4.79 Å². The van der Waals surface area contributed by atoms with Gasteiger partial charge in [0.1, 0.15) is 6.73 Å². The number of carbonyl (C=O) groups excluding carboxylic acids is 1. The molecule has 3 N–H and O–H groups in total. The number of hydrogen-bond donors (Lipinski definition) is 2. The van der Waals surface area contributed by atoms with E-state index in [1.54, 1.807) is 0 Å². The maximum Gasteiger partial charge on any atom is 0.226 e. The molecule has 0 saturated carbocycles. The summed E-state index contributed by atoms with van der Waals surface area (Å²) in [5.41, 5.74) is 7.59. The van der Waals surface area contributed by atoms with Crippen molar-refractivity contribution >= 4 is 5.91 Å². The number of rotatable bonds is 6. The minimum absolute atomic E-state index is 0.0495. The summed E-state index contributed by atoms with van der Waals surface area (Å²) in [4.78, 5) is 11.6. The first-order valence-electron chi connectivity index (χ1n) is 5.78. The molecule has 0 aromatic heterocycles. The van der Waals surface area contributed by atoms with E-state index in [0.29, 0.717) is 13.0 Å². The van der Waals surface area contributed by atoms with Gasteiger partial charge in [0.2, 0.25) is 5.91 Å². The second-order valence-corrected chi connectivity index (χ2v) is 4.11. The second kappa shape index (κ2) is 7.04. The maximum atomic E-state index is 11.6. The number of carbonyl (C=O) groups is 1. The number of ether oxygens (including phenoxy) is 1. The lowest BCUT2D eigenvalue weighted by molar-refractivity contribution is -0.122. The van der Waals surface area contributed by atoms with Crippen molar-refractivity contribution in [2.24, 2.45) is 5.73 Å². The predicted octanol–water partition coefficient (Wildman–Crippen LogP) is 1.19. The fourth-order valence-electron chi connectivity index (χ4n) is 1.45. The van der Waals surface area contributed by atoms with Gasteiger partial charge in [0.15, 0.2) is 0 Å². The lowest BCUT2D eigenvalue weighted by Gasteiger charge is -2.10. The largest absolute Gasteiger partial charge is 0.359 e. The first-order chi connectivity index (χ1) is 8.13. The summed E-state index contributed by atoms with van der Waals surface area (Å²) in [6.45, 7) is 4.55. The fourth-order valence-corrected chi connectivity index (χ4v) is 1.45. The minimum Gasteiger partial charge on any atom is -0.359 e. The van der Waals surface area contributed by atoms with Crippen LogP contribution in [0.25, 0.3) is 0 Å². The van der Waals surface area contributed by atoms with Gasteiger partial charge >= 0.3 is 0 Å². The Labute approximate surface area is 102 Å². The molecule has 94 valence electrons. The van der Waals surface area contributed by atoms with Crippen molar-refractivity contribution in [1.82, 2.24) is 5.32 Å². The van der Waals surface area contributed by atoms with Crippen molar-refractivity contribution in [2.75, 3.05) is 6.73 Å². The number of nitrogens with one attached hydrogen (secondary N) is 1. The van der Waals surface area contributed by atoms with Crippen LogP contribution in [0.5, 0.6) is 0 Å². The predicted molar refractivity (Wildman–Crippen MR) is 67.3 cm³/mol. The third-order valence-corrected chi connectivity index (χ3v) is 2.38. The molecule has 0 atom stereocenters. The Hall–Kier alpha value is -1.39. The van der Waals surface area contributed by atoms with E-state index >= 15 is 0 Å². The van der Waals surface area contributed by atoms with E-state index in [2.05, 4.69) is 5.32 Å². The van der Waals surface area contributed by atoms with E-state index in [-0.39, 0.29) is 18.7 Å². The monoisotopic (exact) mass is 236 g/mol. The summed E-state index contributed by atoms with van der Waals surface area (Å²) in [5, 5.41) is 2.71. The average Bonchev–Trinajstić information content (AvgIpc) is 2.29. The van der Waals surface area contributed by atoms with Crippen LogP contribution in [0.3, 0.4) is 0 Å². The van der Waals surface area contributed by atoms with Crippen LogP contribution in [0.2, 0.25) is 0 Å². The molecule has 17 heavy (non-hydrogen) atoms. The Morgan fingerprint density at radius 3 is 2.59 bits per heavy atom. The molecular formula is C13H20N2O2. The highest BCUT2D eigenvalue weighted by Crippen LogP contribution is 2.08. The van der Waals surface area contributed by atoms with E-state index in [1.807, 2.05) is 38.1 Å². The molecule has 0 heterocycles. The van der Waals surface area contributed by atoms with Crippen molar-refractivity contribution in [2.45, 2.75) is 32.9 Å². The molecule has 1 rings (SSSR count). The van der Waals surface area contributed by atoms with Crippen LogP contribution in [-0.2, 0) is 22.5 Å². The highest BCUT2D eigenvalue weighted by Gasteiger charge is 2.06. The molecule has 0 fully saturated rings. The van der Waals surface area contributed by atoms with Crippen molar-refractivity contribution in [3.63, 3.8) is 0 Å². The Bertz CT molecular complexity index is 364. The summed E-state index contributed by atoms with van der Waals surface area (Å²) < 4.78 is 5.25. The van der Waals surface area contributed by atoms with Crippen LogP contribution in [-0.4, -0.2) is 18.7 Å². The van der Waals surface area contributed by atoms with Crippen LogP contribution in [0.1, 0.15) is 25.0 Å². The van der Waals surface area contributed by atoms with Gasteiger partial charge in [0, 0.05) is 6.54 Å². The molecule has 1 aromatic rings.